The first-order chi connectivity index (χ1) is 9.24. The smallest absolute Gasteiger partial charge is 0.0429 e. The minimum atomic E-state index is 0.937. The summed E-state index contributed by atoms with van der Waals surface area (Å²) in [6.45, 7) is 4.23. The summed E-state index contributed by atoms with van der Waals surface area (Å²) in [6.07, 6.45) is 2.29. The lowest BCUT2D eigenvalue weighted by molar-refractivity contribution is 0.692. The molecule has 0 saturated carbocycles. The highest BCUT2D eigenvalue weighted by Crippen LogP contribution is 2.32. The molecule has 1 aliphatic rings. The lowest BCUT2D eigenvalue weighted by Gasteiger charge is -2.32. The summed E-state index contributed by atoms with van der Waals surface area (Å²) in [6, 6.07) is 15.0. The van der Waals surface area contributed by atoms with E-state index < -0.39 is 0 Å². The van der Waals surface area contributed by atoms with Gasteiger partial charge >= 0.3 is 0 Å². The SMILES string of the molecule is Cc1cccc(CN2CCCc3c(N)cccc32)c1. The summed E-state index contributed by atoms with van der Waals surface area (Å²) in [7, 11) is 0. The molecule has 0 saturated heterocycles. The Balaban J connectivity index is 1.90. The molecule has 2 N–H and O–H groups in total. The molecule has 19 heavy (non-hydrogen) atoms. The minimum absolute atomic E-state index is 0.937. The second-order valence-corrected chi connectivity index (χ2v) is 5.36. The van der Waals surface area contributed by atoms with Gasteiger partial charge in [0.1, 0.15) is 0 Å². The molecule has 0 atom stereocenters. The Morgan fingerprint density at radius 3 is 2.84 bits per heavy atom. The molecule has 1 heterocycles. The molecule has 0 aliphatic carbocycles. The predicted octanol–water partition coefficient (Wildman–Crippen LogP) is 3.53. The number of hydrogen-bond donors (Lipinski definition) is 1. The monoisotopic (exact) mass is 252 g/mol. The van der Waals surface area contributed by atoms with Gasteiger partial charge in [-0.1, -0.05) is 35.9 Å². The van der Waals surface area contributed by atoms with Gasteiger partial charge in [0.15, 0.2) is 0 Å². The standard InChI is InChI=1S/C17H20N2/c1-13-5-2-6-14(11-13)12-19-10-4-7-15-16(18)8-3-9-17(15)19/h2-3,5-6,8-9,11H,4,7,10,12,18H2,1H3. The van der Waals surface area contributed by atoms with E-state index in [1.165, 1.54) is 28.8 Å². The van der Waals surface area contributed by atoms with E-state index in [0.29, 0.717) is 0 Å². The van der Waals surface area contributed by atoms with Crippen molar-refractivity contribution < 1.29 is 0 Å². The van der Waals surface area contributed by atoms with Crippen molar-refractivity contribution in [2.75, 3.05) is 17.2 Å². The normalized spacial score (nSPS) is 14.3. The Labute approximate surface area is 114 Å². The van der Waals surface area contributed by atoms with Gasteiger partial charge in [0.2, 0.25) is 0 Å². The highest BCUT2D eigenvalue weighted by atomic mass is 15.1. The number of rotatable bonds is 2. The Bertz CT molecular complexity index is 590. The molecule has 0 fully saturated rings. The molecule has 0 radical (unpaired) electrons. The first kappa shape index (κ1) is 12.1. The molecule has 2 nitrogen and oxygen atoms in total. The number of aryl methyl sites for hydroxylation is 1. The molecule has 0 amide bonds. The Kier molecular flexibility index (Phi) is 3.16. The van der Waals surface area contributed by atoms with E-state index in [4.69, 9.17) is 5.73 Å². The minimum Gasteiger partial charge on any atom is -0.398 e. The largest absolute Gasteiger partial charge is 0.398 e. The predicted molar refractivity (Wildman–Crippen MR) is 81.4 cm³/mol. The third kappa shape index (κ3) is 2.43. The van der Waals surface area contributed by atoms with Crippen molar-refractivity contribution in [2.45, 2.75) is 26.3 Å². The maximum absolute atomic E-state index is 6.09. The lowest BCUT2D eigenvalue weighted by Crippen LogP contribution is -2.29. The van der Waals surface area contributed by atoms with Crippen LogP contribution < -0.4 is 10.6 Å². The van der Waals surface area contributed by atoms with Crippen LogP contribution in [0.25, 0.3) is 0 Å². The third-order valence-corrected chi connectivity index (χ3v) is 3.84. The maximum atomic E-state index is 6.09. The van der Waals surface area contributed by atoms with Crippen molar-refractivity contribution in [1.29, 1.82) is 0 Å². The summed E-state index contributed by atoms with van der Waals surface area (Å²) in [4.78, 5) is 2.45. The first-order valence-corrected chi connectivity index (χ1v) is 6.92. The number of nitrogens with two attached hydrogens (primary N) is 1. The lowest BCUT2D eigenvalue weighted by atomic mass is 9.99. The molecule has 2 aromatic carbocycles. The van der Waals surface area contributed by atoms with Crippen LogP contribution in [0.4, 0.5) is 11.4 Å². The van der Waals surface area contributed by atoms with Crippen molar-refractivity contribution in [2.24, 2.45) is 0 Å². The number of nitrogen functional groups attached to an aromatic ring is 1. The average Bonchev–Trinajstić information content (AvgIpc) is 2.40. The second kappa shape index (κ2) is 4.96. The quantitative estimate of drug-likeness (QED) is 0.828. The molecule has 2 heteroatoms. The van der Waals surface area contributed by atoms with Crippen LogP contribution in [0.3, 0.4) is 0 Å². The fourth-order valence-corrected chi connectivity index (χ4v) is 2.92. The molecular formula is C17H20N2. The average molecular weight is 252 g/mol. The summed E-state index contributed by atoms with van der Waals surface area (Å²) < 4.78 is 0. The van der Waals surface area contributed by atoms with Crippen molar-refractivity contribution in [3.63, 3.8) is 0 Å². The molecule has 98 valence electrons. The van der Waals surface area contributed by atoms with E-state index in [0.717, 1.165) is 25.2 Å². The molecule has 0 spiro atoms. The van der Waals surface area contributed by atoms with E-state index in [2.05, 4.69) is 48.2 Å². The van der Waals surface area contributed by atoms with Crippen LogP contribution in [-0.2, 0) is 13.0 Å². The maximum Gasteiger partial charge on any atom is 0.0429 e. The van der Waals surface area contributed by atoms with E-state index in [1.807, 2.05) is 6.07 Å². The summed E-state index contributed by atoms with van der Waals surface area (Å²) in [5, 5.41) is 0. The molecule has 0 aromatic heterocycles. The van der Waals surface area contributed by atoms with Gasteiger partial charge in [-0.05, 0) is 43.0 Å². The fraction of sp³-hybridized carbons (Fsp3) is 0.294. The Hall–Kier alpha value is -1.96. The van der Waals surface area contributed by atoms with Crippen LogP contribution in [-0.4, -0.2) is 6.54 Å². The van der Waals surface area contributed by atoms with Crippen LogP contribution in [0.15, 0.2) is 42.5 Å². The summed E-state index contributed by atoms with van der Waals surface area (Å²) in [5.74, 6) is 0. The van der Waals surface area contributed by atoms with Crippen molar-refractivity contribution in [3.8, 4) is 0 Å². The van der Waals surface area contributed by atoms with E-state index in [9.17, 15) is 0 Å². The molecule has 0 unspecified atom stereocenters. The topological polar surface area (TPSA) is 29.3 Å². The number of benzene rings is 2. The molecule has 2 aromatic rings. The van der Waals surface area contributed by atoms with Crippen molar-refractivity contribution >= 4 is 11.4 Å². The molecular weight excluding hydrogens is 232 g/mol. The summed E-state index contributed by atoms with van der Waals surface area (Å²) in [5.41, 5.74) is 12.4. The van der Waals surface area contributed by atoms with Gasteiger partial charge in [-0.3, -0.25) is 0 Å². The zero-order valence-electron chi connectivity index (χ0n) is 11.4. The van der Waals surface area contributed by atoms with E-state index in [1.54, 1.807) is 0 Å². The Morgan fingerprint density at radius 1 is 1.16 bits per heavy atom. The van der Waals surface area contributed by atoms with Gasteiger partial charge in [0.05, 0.1) is 0 Å². The van der Waals surface area contributed by atoms with Gasteiger partial charge in [0.25, 0.3) is 0 Å². The third-order valence-electron chi connectivity index (χ3n) is 3.84. The van der Waals surface area contributed by atoms with Gasteiger partial charge in [0, 0.05) is 24.5 Å². The molecule has 1 aliphatic heterocycles. The summed E-state index contributed by atoms with van der Waals surface area (Å²) >= 11 is 0. The van der Waals surface area contributed by atoms with Gasteiger partial charge < -0.3 is 10.6 Å². The van der Waals surface area contributed by atoms with Crippen LogP contribution in [0.5, 0.6) is 0 Å². The van der Waals surface area contributed by atoms with Crippen molar-refractivity contribution in [3.05, 3.63) is 59.2 Å². The number of nitrogens with zero attached hydrogens (tertiary/aromatic N) is 1. The Morgan fingerprint density at radius 2 is 2.00 bits per heavy atom. The van der Waals surface area contributed by atoms with Crippen molar-refractivity contribution in [1.82, 2.24) is 0 Å². The zero-order chi connectivity index (χ0) is 13.2. The van der Waals surface area contributed by atoms with Crippen LogP contribution in [0.1, 0.15) is 23.1 Å². The first-order valence-electron chi connectivity index (χ1n) is 6.92. The van der Waals surface area contributed by atoms with Crippen LogP contribution in [0, 0.1) is 6.92 Å². The zero-order valence-corrected chi connectivity index (χ0v) is 11.4. The second-order valence-electron chi connectivity index (χ2n) is 5.36. The van der Waals surface area contributed by atoms with Crippen LogP contribution >= 0.6 is 0 Å². The van der Waals surface area contributed by atoms with Crippen LogP contribution in [0.2, 0.25) is 0 Å². The number of hydrogen-bond acceptors (Lipinski definition) is 2. The molecule has 3 rings (SSSR count). The van der Waals surface area contributed by atoms with Gasteiger partial charge in [-0.15, -0.1) is 0 Å². The number of fused-ring (bicyclic) bond motifs is 1. The van der Waals surface area contributed by atoms with E-state index >= 15 is 0 Å². The van der Waals surface area contributed by atoms with E-state index in [-0.39, 0.29) is 0 Å². The number of anilines is 2. The highest BCUT2D eigenvalue weighted by Gasteiger charge is 2.18. The van der Waals surface area contributed by atoms with Gasteiger partial charge in [-0.2, -0.15) is 0 Å². The highest BCUT2D eigenvalue weighted by molar-refractivity contribution is 5.66. The molecule has 0 bridgehead atoms. The fourth-order valence-electron chi connectivity index (χ4n) is 2.92. The van der Waals surface area contributed by atoms with Gasteiger partial charge in [-0.25, -0.2) is 0 Å².